The maximum absolute atomic E-state index is 12.6. The fraction of sp³-hybridized carbons (Fsp3) is 0.684. The minimum atomic E-state index is -0.0261. The molecule has 0 atom stereocenters. The zero-order valence-electron chi connectivity index (χ0n) is 15.2. The van der Waals surface area contributed by atoms with E-state index in [0.29, 0.717) is 25.3 Å². The molecule has 3 rings (SSSR count). The minimum absolute atomic E-state index is 0.0261. The molecule has 1 amide bonds. The number of anilines is 1. The molecule has 0 bridgehead atoms. The van der Waals surface area contributed by atoms with Crippen molar-refractivity contribution in [2.75, 3.05) is 57.4 Å². The first-order chi connectivity index (χ1) is 12.2. The van der Waals surface area contributed by atoms with Crippen LogP contribution in [0.1, 0.15) is 36.5 Å². The van der Waals surface area contributed by atoms with Gasteiger partial charge in [-0.3, -0.25) is 4.79 Å². The Morgan fingerprint density at radius 3 is 2.80 bits per heavy atom. The summed E-state index contributed by atoms with van der Waals surface area (Å²) in [5, 5.41) is 3.06. The Labute approximate surface area is 150 Å². The van der Waals surface area contributed by atoms with Crippen LogP contribution in [0, 0.1) is 5.92 Å². The molecule has 25 heavy (non-hydrogen) atoms. The number of likely N-dealkylation sites (tertiary alicyclic amines) is 1. The highest BCUT2D eigenvalue weighted by Gasteiger charge is 2.20. The zero-order valence-corrected chi connectivity index (χ0v) is 15.2. The molecule has 0 aromatic carbocycles. The van der Waals surface area contributed by atoms with E-state index >= 15 is 0 Å². The molecule has 0 aliphatic carbocycles. The third-order valence-electron chi connectivity index (χ3n) is 5.15. The number of aromatic nitrogens is 1. The number of amides is 1. The van der Waals surface area contributed by atoms with Crippen LogP contribution in [-0.2, 0) is 4.74 Å². The number of carbonyl (C=O) groups excluding carboxylic acids is 1. The van der Waals surface area contributed by atoms with Crippen molar-refractivity contribution in [1.29, 1.82) is 0 Å². The number of piperidine rings is 1. The third-order valence-corrected chi connectivity index (χ3v) is 5.15. The summed E-state index contributed by atoms with van der Waals surface area (Å²) in [4.78, 5) is 21.7. The van der Waals surface area contributed by atoms with Crippen molar-refractivity contribution in [3.8, 4) is 0 Å². The summed E-state index contributed by atoms with van der Waals surface area (Å²) in [6.07, 6.45) is 5.34. The van der Waals surface area contributed by atoms with E-state index in [0.717, 1.165) is 37.8 Å². The number of pyridine rings is 1. The Bertz CT molecular complexity index is 552. The van der Waals surface area contributed by atoms with Crippen molar-refractivity contribution in [3.63, 3.8) is 0 Å². The molecule has 3 heterocycles. The summed E-state index contributed by atoms with van der Waals surface area (Å²) in [6, 6.07) is 3.69. The average molecular weight is 346 g/mol. The number of morpholine rings is 1. The van der Waals surface area contributed by atoms with E-state index in [-0.39, 0.29) is 5.91 Å². The van der Waals surface area contributed by atoms with Crippen LogP contribution < -0.4 is 10.2 Å². The third kappa shape index (κ3) is 5.16. The van der Waals surface area contributed by atoms with Crippen LogP contribution in [0.4, 0.5) is 5.82 Å². The topological polar surface area (TPSA) is 57.7 Å². The molecule has 6 nitrogen and oxygen atoms in total. The van der Waals surface area contributed by atoms with Gasteiger partial charge < -0.3 is 19.9 Å². The van der Waals surface area contributed by atoms with Gasteiger partial charge in [-0.1, -0.05) is 6.92 Å². The molecule has 0 saturated carbocycles. The number of nitrogens with one attached hydrogen (secondary N) is 1. The maximum atomic E-state index is 12.6. The predicted octanol–water partition coefficient (Wildman–Crippen LogP) is 1.77. The van der Waals surface area contributed by atoms with Gasteiger partial charge in [0, 0.05) is 25.8 Å². The number of ether oxygens (including phenoxy) is 1. The summed E-state index contributed by atoms with van der Waals surface area (Å²) < 4.78 is 5.39. The van der Waals surface area contributed by atoms with Gasteiger partial charge in [-0.15, -0.1) is 0 Å². The Balaban J connectivity index is 1.46. The van der Waals surface area contributed by atoms with Crippen LogP contribution in [0.25, 0.3) is 0 Å². The second-order valence-corrected chi connectivity index (χ2v) is 7.11. The monoisotopic (exact) mass is 346 g/mol. The first kappa shape index (κ1) is 18.1. The van der Waals surface area contributed by atoms with Crippen LogP contribution in [-0.4, -0.2) is 68.3 Å². The van der Waals surface area contributed by atoms with E-state index in [1.165, 1.54) is 25.9 Å². The number of carbonyl (C=O) groups is 1. The molecule has 1 aromatic rings. The average Bonchev–Trinajstić information content (AvgIpc) is 2.67. The van der Waals surface area contributed by atoms with E-state index in [1.54, 1.807) is 6.20 Å². The molecule has 2 fully saturated rings. The minimum Gasteiger partial charge on any atom is -0.378 e. The lowest BCUT2D eigenvalue weighted by Gasteiger charge is -2.30. The lowest BCUT2D eigenvalue weighted by molar-refractivity contribution is 0.0948. The Morgan fingerprint density at radius 2 is 2.04 bits per heavy atom. The molecule has 2 saturated heterocycles. The second kappa shape index (κ2) is 9.15. The number of hydrogen-bond donors (Lipinski definition) is 1. The molecular weight excluding hydrogens is 316 g/mol. The summed E-state index contributed by atoms with van der Waals surface area (Å²) in [6.45, 7) is 9.43. The van der Waals surface area contributed by atoms with Gasteiger partial charge in [0.15, 0.2) is 0 Å². The Hall–Kier alpha value is -1.66. The van der Waals surface area contributed by atoms with Crippen LogP contribution in [0.3, 0.4) is 0 Å². The van der Waals surface area contributed by atoms with Crippen LogP contribution in [0.2, 0.25) is 0 Å². The quantitative estimate of drug-likeness (QED) is 0.796. The molecule has 0 spiro atoms. The van der Waals surface area contributed by atoms with Crippen LogP contribution in [0.15, 0.2) is 18.3 Å². The molecular formula is C19H30N4O2. The van der Waals surface area contributed by atoms with E-state index in [1.807, 2.05) is 12.1 Å². The molecule has 2 aliphatic rings. The first-order valence-corrected chi connectivity index (χ1v) is 9.52. The molecule has 0 unspecified atom stereocenters. The Morgan fingerprint density at radius 1 is 1.28 bits per heavy atom. The standard InChI is InChI=1S/C19H30N4O2/c1-16-5-10-22(11-6-16)9-3-8-21-19(24)17-4-2-7-20-18(17)23-12-14-25-15-13-23/h2,4,7,16H,3,5-6,8-15H2,1H3,(H,21,24). The lowest BCUT2D eigenvalue weighted by Crippen LogP contribution is -2.39. The van der Waals surface area contributed by atoms with Gasteiger partial charge in [-0.05, 0) is 56.9 Å². The zero-order chi connectivity index (χ0) is 17.5. The molecule has 1 N–H and O–H groups in total. The van der Waals surface area contributed by atoms with E-state index in [9.17, 15) is 4.79 Å². The fourth-order valence-corrected chi connectivity index (χ4v) is 3.49. The number of hydrogen-bond acceptors (Lipinski definition) is 5. The van der Waals surface area contributed by atoms with Crippen LogP contribution in [0.5, 0.6) is 0 Å². The van der Waals surface area contributed by atoms with Gasteiger partial charge >= 0.3 is 0 Å². The van der Waals surface area contributed by atoms with E-state index < -0.39 is 0 Å². The lowest BCUT2D eigenvalue weighted by atomic mass is 9.99. The number of rotatable bonds is 6. The highest BCUT2D eigenvalue weighted by Crippen LogP contribution is 2.18. The molecule has 0 radical (unpaired) electrons. The van der Waals surface area contributed by atoms with Gasteiger partial charge in [0.05, 0.1) is 18.8 Å². The molecule has 1 aromatic heterocycles. The van der Waals surface area contributed by atoms with Crippen LogP contribution >= 0.6 is 0 Å². The largest absolute Gasteiger partial charge is 0.378 e. The van der Waals surface area contributed by atoms with Gasteiger partial charge in [-0.2, -0.15) is 0 Å². The predicted molar refractivity (Wildman–Crippen MR) is 99.1 cm³/mol. The second-order valence-electron chi connectivity index (χ2n) is 7.11. The van der Waals surface area contributed by atoms with Gasteiger partial charge in [0.25, 0.3) is 5.91 Å². The van der Waals surface area contributed by atoms with Crippen molar-refractivity contribution in [2.45, 2.75) is 26.2 Å². The SMILES string of the molecule is CC1CCN(CCCNC(=O)c2cccnc2N2CCOCC2)CC1. The summed E-state index contributed by atoms with van der Waals surface area (Å²) >= 11 is 0. The summed E-state index contributed by atoms with van der Waals surface area (Å²) in [7, 11) is 0. The van der Waals surface area contributed by atoms with E-state index in [2.05, 4.69) is 27.0 Å². The highest BCUT2D eigenvalue weighted by molar-refractivity contribution is 5.98. The van der Waals surface area contributed by atoms with Crippen molar-refractivity contribution in [1.82, 2.24) is 15.2 Å². The van der Waals surface area contributed by atoms with Gasteiger partial charge in [-0.25, -0.2) is 4.98 Å². The molecule has 6 heteroatoms. The van der Waals surface area contributed by atoms with Crippen molar-refractivity contribution in [2.24, 2.45) is 5.92 Å². The summed E-state index contributed by atoms with van der Waals surface area (Å²) in [5.41, 5.74) is 0.663. The van der Waals surface area contributed by atoms with Crippen molar-refractivity contribution >= 4 is 11.7 Å². The van der Waals surface area contributed by atoms with E-state index in [4.69, 9.17) is 4.74 Å². The van der Waals surface area contributed by atoms with Crippen molar-refractivity contribution < 1.29 is 9.53 Å². The molecule has 2 aliphatic heterocycles. The van der Waals surface area contributed by atoms with Crippen molar-refractivity contribution in [3.05, 3.63) is 23.9 Å². The smallest absolute Gasteiger partial charge is 0.255 e. The normalized spacial score (nSPS) is 19.8. The first-order valence-electron chi connectivity index (χ1n) is 9.52. The van der Waals surface area contributed by atoms with Gasteiger partial charge in [0.2, 0.25) is 0 Å². The highest BCUT2D eigenvalue weighted by atomic mass is 16.5. The summed E-state index contributed by atoms with van der Waals surface area (Å²) in [5.74, 6) is 1.61. The number of nitrogens with zero attached hydrogens (tertiary/aromatic N) is 3. The maximum Gasteiger partial charge on any atom is 0.255 e. The Kier molecular flexibility index (Phi) is 6.64. The molecule has 138 valence electrons. The van der Waals surface area contributed by atoms with Gasteiger partial charge in [0.1, 0.15) is 5.82 Å². The fourth-order valence-electron chi connectivity index (χ4n) is 3.49.